The van der Waals surface area contributed by atoms with Crippen molar-refractivity contribution < 1.29 is 20.4 Å². The van der Waals surface area contributed by atoms with E-state index in [0.717, 1.165) is 55.5 Å². The Hall–Kier alpha value is -1.02. The fourth-order valence-electron chi connectivity index (χ4n) is 3.00. The molecule has 0 unspecified atom stereocenters. The van der Waals surface area contributed by atoms with Crippen LogP contribution in [0, 0.1) is 11.7 Å². The van der Waals surface area contributed by atoms with Gasteiger partial charge >= 0.3 is 0 Å². The number of hydrogen-bond acceptors (Lipinski definition) is 8. The Morgan fingerprint density at radius 1 is 1.28 bits per heavy atom. The highest BCUT2D eigenvalue weighted by molar-refractivity contribution is 9.10. The maximum absolute atomic E-state index is 14.3. The summed E-state index contributed by atoms with van der Waals surface area (Å²) in [6.07, 6.45) is 5.53. The largest absolute Gasteiger partial charge is 0.412 e. The van der Waals surface area contributed by atoms with Crippen molar-refractivity contribution >= 4 is 50.2 Å². The molecule has 12 heteroatoms. The quantitative estimate of drug-likeness (QED) is 0.283. The Balaban J connectivity index is 0.00000210. The summed E-state index contributed by atoms with van der Waals surface area (Å²) in [6.45, 7) is 2.43. The van der Waals surface area contributed by atoms with E-state index in [2.05, 4.69) is 40.6 Å². The number of benzene rings is 1. The summed E-state index contributed by atoms with van der Waals surface area (Å²) < 4.78 is 22.0. The molecular formula is C17H27BrFN5O3S2. The van der Waals surface area contributed by atoms with Crippen LogP contribution in [0.15, 0.2) is 27.8 Å². The molecule has 0 aliphatic carbocycles. The molecule has 2 aromatic rings. The second kappa shape index (κ2) is 13.3. The van der Waals surface area contributed by atoms with E-state index >= 15 is 0 Å². The van der Waals surface area contributed by atoms with Gasteiger partial charge in [0, 0.05) is 35.6 Å². The Labute approximate surface area is 186 Å². The van der Waals surface area contributed by atoms with Crippen molar-refractivity contribution in [1.82, 2.24) is 14.7 Å². The average Bonchev–Trinajstić information content (AvgIpc) is 3.31. The van der Waals surface area contributed by atoms with Crippen LogP contribution in [0.1, 0.15) is 25.7 Å². The van der Waals surface area contributed by atoms with Gasteiger partial charge in [-0.1, -0.05) is 12.8 Å². The van der Waals surface area contributed by atoms with Crippen molar-refractivity contribution in [2.24, 2.45) is 5.92 Å². The van der Waals surface area contributed by atoms with Crippen LogP contribution in [0.2, 0.25) is 0 Å². The molecule has 8 N–H and O–H groups in total. The molecule has 1 aromatic carbocycles. The standard InChI is InChI=1S/C17H23BrFN5OS2.2H2O/c18-12-6-16(26-24-17-22-10-23-27-17)13(19)7-14(12)21-5-3-1-2-4-11-8-20-9-15(11)25;;/h6-7,10-11,15,20-21,25H,1-5,8-9H2,(H,22,23,24);2*1H2/t11-,15-;;/m1../s1. The van der Waals surface area contributed by atoms with E-state index in [4.69, 9.17) is 0 Å². The van der Waals surface area contributed by atoms with Crippen LogP contribution >= 0.6 is 39.4 Å². The number of unbranched alkanes of at least 4 members (excludes halogenated alkanes) is 2. The van der Waals surface area contributed by atoms with E-state index in [0.29, 0.717) is 15.9 Å². The first-order valence-electron chi connectivity index (χ1n) is 8.94. The molecule has 2 heterocycles. The smallest absolute Gasteiger partial charge is 0.212 e. The molecular weight excluding hydrogens is 485 g/mol. The van der Waals surface area contributed by atoms with Gasteiger partial charge in [-0.15, -0.1) is 0 Å². The molecule has 0 bridgehead atoms. The summed E-state index contributed by atoms with van der Waals surface area (Å²) in [5.41, 5.74) is 0.753. The lowest BCUT2D eigenvalue weighted by atomic mass is 9.98. The number of aromatic nitrogens is 2. The number of rotatable bonds is 10. The van der Waals surface area contributed by atoms with E-state index in [1.54, 1.807) is 6.07 Å². The Morgan fingerprint density at radius 2 is 2.10 bits per heavy atom. The zero-order valence-electron chi connectivity index (χ0n) is 15.8. The molecule has 1 aliphatic rings. The SMILES string of the molecule is O.O.O[C@@H]1CNC[C@H]1CCCCCNc1cc(F)c(SNc2ncns2)cc1Br. The van der Waals surface area contributed by atoms with Gasteiger partial charge in [-0.25, -0.2) is 9.37 Å². The summed E-state index contributed by atoms with van der Waals surface area (Å²) in [4.78, 5) is 4.50. The lowest BCUT2D eigenvalue weighted by Gasteiger charge is -2.13. The van der Waals surface area contributed by atoms with E-state index in [9.17, 15) is 9.50 Å². The third-order valence-corrected chi connectivity index (χ3v) is 6.70. The minimum atomic E-state index is -0.287. The van der Waals surface area contributed by atoms with Gasteiger partial charge in [0.2, 0.25) is 5.13 Å². The lowest BCUT2D eigenvalue weighted by molar-refractivity contribution is 0.141. The molecule has 1 aliphatic heterocycles. The van der Waals surface area contributed by atoms with Crippen LogP contribution in [0.5, 0.6) is 0 Å². The van der Waals surface area contributed by atoms with Crippen LogP contribution < -0.4 is 15.4 Å². The van der Waals surface area contributed by atoms with E-state index in [1.807, 2.05) is 0 Å². The second-order valence-electron chi connectivity index (χ2n) is 6.47. The van der Waals surface area contributed by atoms with Crippen LogP contribution in [0.4, 0.5) is 15.2 Å². The Bertz CT molecular complexity index is 729. The highest BCUT2D eigenvalue weighted by Gasteiger charge is 2.23. The first-order valence-corrected chi connectivity index (χ1v) is 11.3. The zero-order valence-corrected chi connectivity index (χ0v) is 19.0. The van der Waals surface area contributed by atoms with Gasteiger partial charge in [0.25, 0.3) is 0 Å². The number of nitrogens with one attached hydrogen (secondary N) is 3. The number of aliphatic hydroxyl groups is 1. The van der Waals surface area contributed by atoms with Gasteiger partial charge in [-0.05, 0) is 58.8 Å². The third kappa shape index (κ3) is 7.96. The molecule has 0 spiro atoms. The van der Waals surface area contributed by atoms with Crippen molar-refractivity contribution in [2.45, 2.75) is 36.7 Å². The van der Waals surface area contributed by atoms with Crippen molar-refractivity contribution in [3.8, 4) is 0 Å². The van der Waals surface area contributed by atoms with Crippen LogP contribution in [-0.2, 0) is 0 Å². The maximum Gasteiger partial charge on any atom is 0.212 e. The highest BCUT2D eigenvalue weighted by Crippen LogP contribution is 2.32. The molecule has 29 heavy (non-hydrogen) atoms. The van der Waals surface area contributed by atoms with Gasteiger partial charge in [-0.2, -0.15) is 4.37 Å². The highest BCUT2D eigenvalue weighted by atomic mass is 79.9. The first kappa shape index (κ1) is 26.0. The second-order valence-corrected chi connectivity index (χ2v) is 8.96. The molecule has 0 saturated carbocycles. The molecule has 0 radical (unpaired) electrons. The molecule has 3 rings (SSSR count). The monoisotopic (exact) mass is 511 g/mol. The number of aliphatic hydroxyl groups excluding tert-OH is 1. The number of anilines is 2. The van der Waals surface area contributed by atoms with Crippen LogP contribution in [0.3, 0.4) is 0 Å². The minimum Gasteiger partial charge on any atom is -0.412 e. The number of β-amino-alcohol motifs (C(OH)–C–C–N with tert-alkyl or cyclic N) is 1. The zero-order chi connectivity index (χ0) is 19.1. The summed E-state index contributed by atoms with van der Waals surface area (Å²) in [5, 5.41) is 16.9. The lowest BCUT2D eigenvalue weighted by Crippen LogP contribution is -2.17. The molecule has 1 aromatic heterocycles. The van der Waals surface area contributed by atoms with Crippen LogP contribution in [-0.4, -0.2) is 51.2 Å². The number of hydrogen-bond donors (Lipinski definition) is 4. The Morgan fingerprint density at radius 3 is 2.79 bits per heavy atom. The van der Waals surface area contributed by atoms with Gasteiger partial charge in [-0.3, -0.25) is 0 Å². The van der Waals surface area contributed by atoms with Gasteiger partial charge in [0.15, 0.2) is 0 Å². The van der Waals surface area contributed by atoms with Gasteiger partial charge in [0.1, 0.15) is 12.1 Å². The fourth-order valence-corrected chi connectivity index (χ4v) is 4.78. The van der Waals surface area contributed by atoms with Crippen molar-refractivity contribution in [3.05, 3.63) is 28.7 Å². The molecule has 164 valence electrons. The average molecular weight is 512 g/mol. The van der Waals surface area contributed by atoms with E-state index in [-0.39, 0.29) is 22.9 Å². The molecule has 1 saturated heterocycles. The summed E-state index contributed by atoms with van der Waals surface area (Å²) in [6, 6.07) is 3.26. The van der Waals surface area contributed by atoms with Crippen LogP contribution in [0.25, 0.3) is 0 Å². The van der Waals surface area contributed by atoms with E-state index < -0.39 is 0 Å². The molecule has 2 atom stereocenters. The molecule has 1 fully saturated rings. The summed E-state index contributed by atoms with van der Waals surface area (Å²) in [7, 11) is 0. The fraction of sp³-hybridized carbons (Fsp3) is 0.529. The number of halogens is 2. The van der Waals surface area contributed by atoms with Gasteiger partial charge in [0.05, 0.1) is 16.7 Å². The topological polar surface area (TPSA) is 145 Å². The first-order chi connectivity index (χ1) is 13.1. The maximum atomic E-state index is 14.3. The predicted molar refractivity (Wildman–Crippen MR) is 120 cm³/mol. The Kier molecular flexibility index (Phi) is 11.9. The normalized spacial score (nSPS) is 18.0. The van der Waals surface area contributed by atoms with E-state index in [1.165, 1.54) is 35.9 Å². The summed E-state index contributed by atoms with van der Waals surface area (Å²) >= 11 is 5.90. The van der Waals surface area contributed by atoms with Crippen molar-refractivity contribution in [1.29, 1.82) is 0 Å². The summed E-state index contributed by atoms with van der Waals surface area (Å²) in [5.74, 6) is 0.102. The predicted octanol–water partition coefficient (Wildman–Crippen LogP) is 2.46. The van der Waals surface area contributed by atoms with Crippen molar-refractivity contribution in [2.75, 3.05) is 29.7 Å². The van der Waals surface area contributed by atoms with Crippen molar-refractivity contribution in [3.63, 3.8) is 0 Å². The van der Waals surface area contributed by atoms with Gasteiger partial charge < -0.3 is 31.4 Å². The number of nitrogens with zero attached hydrogens (tertiary/aromatic N) is 2. The third-order valence-electron chi connectivity index (χ3n) is 4.50. The molecule has 8 nitrogen and oxygen atoms in total. The molecule has 0 amide bonds. The minimum absolute atomic E-state index is 0.